The fourth-order valence-electron chi connectivity index (χ4n) is 2.49. The monoisotopic (exact) mass is 282 g/mol. The number of nitrogens with zero attached hydrogens (tertiary/aromatic N) is 1. The highest BCUT2D eigenvalue weighted by atomic mass is 35.5. The van der Waals surface area contributed by atoms with Crippen molar-refractivity contribution in [2.45, 2.75) is 32.9 Å². The van der Waals surface area contributed by atoms with Gasteiger partial charge in [-0.3, -0.25) is 0 Å². The molecular formula is C15H23ClN2O. The molecule has 1 atom stereocenters. The molecule has 1 aliphatic heterocycles. The van der Waals surface area contributed by atoms with Crippen molar-refractivity contribution >= 4 is 17.3 Å². The van der Waals surface area contributed by atoms with Crippen LogP contribution in [0.4, 0.5) is 5.69 Å². The van der Waals surface area contributed by atoms with Crippen LogP contribution in [-0.2, 0) is 11.3 Å². The molecule has 1 unspecified atom stereocenters. The van der Waals surface area contributed by atoms with E-state index in [1.807, 2.05) is 12.1 Å². The van der Waals surface area contributed by atoms with Gasteiger partial charge in [0.25, 0.3) is 0 Å². The second-order valence-corrected chi connectivity index (χ2v) is 5.28. The Morgan fingerprint density at radius 2 is 2.26 bits per heavy atom. The summed E-state index contributed by atoms with van der Waals surface area (Å²) >= 11 is 6.42. The van der Waals surface area contributed by atoms with Gasteiger partial charge in [0.1, 0.15) is 0 Å². The van der Waals surface area contributed by atoms with Crippen LogP contribution in [0.3, 0.4) is 0 Å². The van der Waals surface area contributed by atoms with Gasteiger partial charge in [0.15, 0.2) is 0 Å². The molecule has 0 bridgehead atoms. The van der Waals surface area contributed by atoms with Crippen LogP contribution in [0.15, 0.2) is 18.2 Å². The fraction of sp³-hybridized carbons (Fsp3) is 0.600. The summed E-state index contributed by atoms with van der Waals surface area (Å²) in [5, 5.41) is 4.22. The second-order valence-electron chi connectivity index (χ2n) is 4.87. The predicted octanol–water partition coefficient (Wildman–Crippen LogP) is 3.06. The number of nitrogens with one attached hydrogen (secondary N) is 1. The third kappa shape index (κ3) is 3.62. The van der Waals surface area contributed by atoms with E-state index in [1.54, 1.807) is 0 Å². The molecule has 19 heavy (non-hydrogen) atoms. The van der Waals surface area contributed by atoms with Crippen LogP contribution in [0, 0.1) is 0 Å². The molecule has 0 aromatic heterocycles. The first-order chi connectivity index (χ1) is 9.26. The van der Waals surface area contributed by atoms with E-state index in [2.05, 4.69) is 30.1 Å². The molecule has 0 spiro atoms. The lowest BCUT2D eigenvalue weighted by molar-refractivity contribution is 0.0384. The first-order valence-electron chi connectivity index (χ1n) is 7.10. The van der Waals surface area contributed by atoms with Crippen molar-refractivity contribution < 1.29 is 4.74 Å². The summed E-state index contributed by atoms with van der Waals surface area (Å²) in [6.45, 7) is 8.74. The molecule has 1 aromatic carbocycles. The van der Waals surface area contributed by atoms with Gasteiger partial charge in [-0.2, -0.15) is 0 Å². The molecule has 0 saturated carbocycles. The topological polar surface area (TPSA) is 24.5 Å². The summed E-state index contributed by atoms with van der Waals surface area (Å²) in [5.74, 6) is 0. The van der Waals surface area contributed by atoms with Gasteiger partial charge < -0.3 is 15.0 Å². The van der Waals surface area contributed by atoms with Crippen molar-refractivity contribution in [3.05, 3.63) is 28.8 Å². The number of rotatable bonds is 5. The second kappa shape index (κ2) is 7.13. The molecular weight excluding hydrogens is 260 g/mol. The minimum absolute atomic E-state index is 0.317. The zero-order chi connectivity index (χ0) is 13.7. The first-order valence-corrected chi connectivity index (χ1v) is 7.48. The van der Waals surface area contributed by atoms with E-state index in [4.69, 9.17) is 16.3 Å². The highest BCUT2D eigenvalue weighted by Crippen LogP contribution is 2.31. The predicted molar refractivity (Wildman–Crippen MR) is 81.1 cm³/mol. The summed E-state index contributed by atoms with van der Waals surface area (Å²) in [6, 6.07) is 6.15. The molecule has 1 aliphatic rings. The Balaban J connectivity index is 2.21. The molecule has 2 rings (SSSR count). The van der Waals surface area contributed by atoms with Gasteiger partial charge in [-0.1, -0.05) is 37.6 Å². The number of ether oxygens (including phenoxy) is 1. The van der Waals surface area contributed by atoms with Crippen LogP contribution in [0.2, 0.25) is 5.02 Å². The Morgan fingerprint density at radius 1 is 1.42 bits per heavy atom. The van der Waals surface area contributed by atoms with Gasteiger partial charge in [0, 0.05) is 19.6 Å². The number of anilines is 1. The van der Waals surface area contributed by atoms with E-state index >= 15 is 0 Å². The molecule has 1 fully saturated rings. The van der Waals surface area contributed by atoms with Crippen molar-refractivity contribution in [3.63, 3.8) is 0 Å². The summed E-state index contributed by atoms with van der Waals surface area (Å²) in [6.07, 6.45) is 1.36. The lowest BCUT2D eigenvalue weighted by atomic mass is 10.1. The standard InChI is InChI=1S/C15H23ClN2O/c1-3-13-11-18(8-9-19-13)15-12(10-17-4-2)6-5-7-14(15)16/h5-7,13,17H,3-4,8-11H2,1-2H3. The van der Waals surface area contributed by atoms with Crippen molar-refractivity contribution in [2.24, 2.45) is 0 Å². The molecule has 0 aliphatic carbocycles. The van der Waals surface area contributed by atoms with Crippen molar-refractivity contribution in [1.29, 1.82) is 0 Å². The summed E-state index contributed by atoms with van der Waals surface area (Å²) in [5.41, 5.74) is 2.44. The minimum Gasteiger partial charge on any atom is -0.375 e. The Kier molecular flexibility index (Phi) is 5.49. The lowest BCUT2D eigenvalue weighted by Gasteiger charge is -2.36. The van der Waals surface area contributed by atoms with Crippen molar-refractivity contribution in [3.8, 4) is 0 Å². The van der Waals surface area contributed by atoms with Crippen LogP contribution in [0.25, 0.3) is 0 Å². The quantitative estimate of drug-likeness (QED) is 0.898. The molecule has 106 valence electrons. The van der Waals surface area contributed by atoms with Crippen LogP contribution in [-0.4, -0.2) is 32.3 Å². The van der Waals surface area contributed by atoms with Crippen LogP contribution < -0.4 is 10.2 Å². The molecule has 4 heteroatoms. The van der Waals surface area contributed by atoms with E-state index < -0.39 is 0 Å². The molecule has 3 nitrogen and oxygen atoms in total. The zero-order valence-electron chi connectivity index (χ0n) is 11.8. The van der Waals surface area contributed by atoms with Crippen LogP contribution in [0.5, 0.6) is 0 Å². The van der Waals surface area contributed by atoms with Gasteiger partial charge in [-0.25, -0.2) is 0 Å². The van der Waals surface area contributed by atoms with E-state index in [9.17, 15) is 0 Å². The van der Waals surface area contributed by atoms with Crippen molar-refractivity contribution in [1.82, 2.24) is 5.32 Å². The fourth-order valence-corrected chi connectivity index (χ4v) is 2.80. The third-order valence-corrected chi connectivity index (χ3v) is 3.85. The smallest absolute Gasteiger partial charge is 0.0748 e. The molecule has 0 amide bonds. The Morgan fingerprint density at radius 3 is 3.00 bits per heavy atom. The Labute approximate surface area is 120 Å². The molecule has 1 saturated heterocycles. The number of halogens is 1. The van der Waals surface area contributed by atoms with E-state index in [0.29, 0.717) is 6.10 Å². The number of para-hydroxylation sites is 1. The summed E-state index contributed by atoms with van der Waals surface area (Å²) < 4.78 is 5.74. The van der Waals surface area contributed by atoms with Gasteiger partial charge in [0.2, 0.25) is 0 Å². The maximum atomic E-state index is 6.42. The number of hydrogen-bond donors (Lipinski definition) is 1. The highest BCUT2D eigenvalue weighted by molar-refractivity contribution is 6.33. The minimum atomic E-state index is 0.317. The molecule has 1 aromatic rings. The van der Waals surface area contributed by atoms with E-state index in [-0.39, 0.29) is 0 Å². The highest BCUT2D eigenvalue weighted by Gasteiger charge is 2.22. The average molecular weight is 283 g/mol. The van der Waals surface area contributed by atoms with E-state index in [1.165, 1.54) is 11.3 Å². The summed E-state index contributed by atoms with van der Waals surface area (Å²) in [7, 11) is 0. The van der Waals surface area contributed by atoms with Crippen LogP contribution in [0.1, 0.15) is 25.8 Å². The average Bonchev–Trinajstić information content (AvgIpc) is 2.45. The Bertz CT molecular complexity index is 411. The first kappa shape index (κ1) is 14.6. The van der Waals surface area contributed by atoms with Crippen LogP contribution >= 0.6 is 11.6 Å². The maximum absolute atomic E-state index is 6.42. The van der Waals surface area contributed by atoms with Gasteiger partial charge in [-0.15, -0.1) is 0 Å². The zero-order valence-corrected chi connectivity index (χ0v) is 12.5. The Hall–Kier alpha value is -0.770. The van der Waals surface area contributed by atoms with Gasteiger partial charge in [0.05, 0.1) is 23.4 Å². The maximum Gasteiger partial charge on any atom is 0.0748 e. The molecule has 1 heterocycles. The number of benzene rings is 1. The molecule has 1 N–H and O–H groups in total. The SMILES string of the molecule is CCNCc1cccc(Cl)c1N1CCOC(CC)C1. The summed E-state index contributed by atoms with van der Waals surface area (Å²) in [4.78, 5) is 2.37. The van der Waals surface area contributed by atoms with Crippen molar-refractivity contribution in [2.75, 3.05) is 31.1 Å². The largest absolute Gasteiger partial charge is 0.375 e. The number of morpholine rings is 1. The number of hydrogen-bond acceptors (Lipinski definition) is 3. The normalized spacial score (nSPS) is 19.7. The van der Waals surface area contributed by atoms with E-state index in [0.717, 1.165) is 44.2 Å². The van der Waals surface area contributed by atoms with Gasteiger partial charge in [-0.05, 0) is 24.6 Å². The van der Waals surface area contributed by atoms with Gasteiger partial charge >= 0.3 is 0 Å². The molecule has 0 radical (unpaired) electrons. The third-order valence-electron chi connectivity index (χ3n) is 3.55. The lowest BCUT2D eigenvalue weighted by Crippen LogP contribution is -2.42.